The number of anilines is 1. The van der Waals surface area contributed by atoms with Crippen molar-refractivity contribution in [3.05, 3.63) is 82.5 Å². The molecule has 1 aromatic heterocycles. The summed E-state index contributed by atoms with van der Waals surface area (Å²) in [4.78, 5) is 16.8. The van der Waals surface area contributed by atoms with Gasteiger partial charge in [-0.1, -0.05) is 12.1 Å². The number of hydrogen-bond acceptors (Lipinski definition) is 4. The molecule has 0 saturated heterocycles. The Labute approximate surface area is 165 Å². The summed E-state index contributed by atoms with van der Waals surface area (Å²) in [5.41, 5.74) is 6.67. The minimum absolute atomic E-state index is 0.0508. The Morgan fingerprint density at radius 2 is 1.90 bits per heavy atom. The largest absolute Gasteiger partial charge is 0.438 e. The number of benzene rings is 2. The van der Waals surface area contributed by atoms with Gasteiger partial charge in [-0.05, 0) is 55.8 Å². The number of carbonyl (C=O) groups excluding carboxylic acids is 1. The van der Waals surface area contributed by atoms with Gasteiger partial charge in [0.05, 0.1) is 5.69 Å². The van der Waals surface area contributed by atoms with Crippen molar-refractivity contribution in [1.82, 2.24) is 4.98 Å². The first kappa shape index (κ1) is 19.9. The van der Waals surface area contributed by atoms with Gasteiger partial charge in [-0.25, -0.2) is 13.8 Å². The summed E-state index contributed by atoms with van der Waals surface area (Å²) < 4.78 is 33.1. The van der Waals surface area contributed by atoms with E-state index < -0.39 is 17.5 Å². The van der Waals surface area contributed by atoms with Crippen molar-refractivity contribution < 1.29 is 18.3 Å². The van der Waals surface area contributed by atoms with Crippen molar-refractivity contribution >= 4 is 17.4 Å². The molecule has 0 spiro atoms. The molecule has 148 valence electrons. The number of hydrogen-bond donors (Lipinski definition) is 3. The SMILES string of the molecule is Cc1cc(F)ccc1Oc1nc(C)c(F)cc1C(=O)Nc1cccc(C(=N)N)c1. The van der Waals surface area contributed by atoms with Crippen LogP contribution in [0.4, 0.5) is 14.5 Å². The summed E-state index contributed by atoms with van der Waals surface area (Å²) in [6.07, 6.45) is 0. The number of nitrogens with zero attached hydrogens (tertiary/aromatic N) is 1. The average molecular weight is 396 g/mol. The molecule has 0 aliphatic rings. The second-order valence-electron chi connectivity index (χ2n) is 6.37. The summed E-state index contributed by atoms with van der Waals surface area (Å²) in [5.74, 6) is -1.74. The van der Waals surface area contributed by atoms with Crippen molar-refractivity contribution in [3.63, 3.8) is 0 Å². The van der Waals surface area contributed by atoms with Gasteiger partial charge in [0.15, 0.2) is 0 Å². The lowest BCUT2D eigenvalue weighted by molar-refractivity contribution is 0.102. The van der Waals surface area contributed by atoms with Crippen LogP contribution >= 0.6 is 0 Å². The minimum Gasteiger partial charge on any atom is -0.438 e. The number of nitrogens with one attached hydrogen (secondary N) is 2. The molecule has 0 radical (unpaired) electrons. The molecule has 2 aromatic carbocycles. The zero-order valence-corrected chi connectivity index (χ0v) is 15.7. The molecular formula is C21H18F2N4O2. The van der Waals surface area contributed by atoms with E-state index in [1.54, 1.807) is 25.1 Å². The van der Waals surface area contributed by atoms with Crippen LogP contribution < -0.4 is 15.8 Å². The van der Waals surface area contributed by atoms with Crippen LogP contribution in [0.3, 0.4) is 0 Å². The number of halogens is 2. The average Bonchev–Trinajstić information content (AvgIpc) is 2.66. The molecule has 1 heterocycles. The lowest BCUT2D eigenvalue weighted by Gasteiger charge is -2.13. The van der Waals surface area contributed by atoms with Crippen molar-refractivity contribution in [3.8, 4) is 11.6 Å². The first-order valence-electron chi connectivity index (χ1n) is 8.61. The lowest BCUT2D eigenvalue weighted by Crippen LogP contribution is -2.16. The molecule has 1 amide bonds. The summed E-state index contributed by atoms with van der Waals surface area (Å²) >= 11 is 0. The van der Waals surface area contributed by atoms with Crippen molar-refractivity contribution in [1.29, 1.82) is 5.41 Å². The fraction of sp³-hybridized carbons (Fsp3) is 0.0952. The molecule has 29 heavy (non-hydrogen) atoms. The summed E-state index contributed by atoms with van der Waals surface area (Å²) in [5, 5.41) is 10.1. The van der Waals surface area contributed by atoms with E-state index in [2.05, 4.69) is 10.3 Å². The third kappa shape index (κ3) is 4.55. The van der Waals surface area contributed by atoms with Crippen LogP contribution in [-0.4, -0.2) is 16.7 Å². The van der Waals surface area contributed by atoms with E-state index in [4.69, 9.17) is 15.9 Å². The molecule has 0 bridgehead atoms. The van der Waals surface area contributed by atoms with Gasteiger partial charge < -0.3 is 15.8 Å². The van der Waals surface area contributed by atoms with Gasteiger partial charge >= 0.3 is 0 Å². The standard InChI is InChI=1S/C21H18F2N4O2/c1-11-8-14(22)6-7-18(11)29-21-16(10-17(23)12(2)26-21)20(28)27-15-5-3-4-13(9-15)19(24)25/h3-10H,1-2H3,(H3,24,25)(H,27,28). The number of aromatic nitrogens is 1. The zero-order valence-electron chi connectivity index (χ0n) is 15.7. The Bertz CT molecular complexity index is 1120. The second kappa shape index (κ2) is 8.05. The monoisotopic (exact) mass is 396 g/mol. The number of nitrogens with two attached hydrogens (primary N) is 1. The molecule has 0 unspecified atom stereocenters. The van der Waals surface area contributed by atoms with Crippen LogP contribution in [0.15, 0.2) is 48.5 Å². The van der Waals surface area contributed by atoms with E-state index >= 15 is 0 Å². The molecule has 0 aliphatic heterocycles. The van der Waals surface area contributed by atoms with Gasteiger partial charge in [0.1, 0.15) is 28.8 Å². The lowest BCUT2D eigenvalue weighted by atomic mass is 10.1. The number of aryl methyl sites for hydroxylation is 2. The van der Waals surface area contributed by atoms with E-state index in [1.807, 2.05) is 0 Å². The maximum absolute atomic E-state index is 14.1. The van der Waals surface area contributed by atoms with Gasteiger partial charge in [0, 0.05) is 11.3 Å². The number of carbonyl (C=O) groups is 1. The van der Waals surface area contributed by atoms with Crippen LogP contribution in [0.5, 0.6) is 11.6 Å². The van der Waals surface area contributed by atoms with Crippen LogP contribution in [0.2, 0.25) is 0 Å². The summed E-state index contributed by atoms with van der Waals surface area (Å²) in [7, 11) is 0. The fourth-order valence-electron chi connectivity index (χ4n) is 2.59. The molecule has 8 heteroatoms. The predicted octanol–water partition coefficient (Wildman–Crippen LogP) is 4.31. The summed E-state index contributed by atoms with van der Waals surface area (Å²) in [6.45, 7) is 3.08. The highest BCUT2D eigenvalue weighted by atomic mass is 19.1. The molecule has 3 aromatic rings. The maximum Gasteiger partial charge on any atom is 0.261 e. The molecule has 0 atom stereocenters. The molecule has 4 N–H and O–H groups in total. The van der Waals surface area contributed by atoms with Crippen molar-refractivity contribution in [2.45, 2.75) is 13.8 Å². The highest BCUT2D eigenvalue weighted by Crippen LogP contribution is 2.28. The number of rotatable bonds is 5. The Morgan fingerprint density at radius 1 is 1.14 bits per heavy atom. The van der Waals surface area contributed by atoms with E-state index in [9.17, 15) is 13.6 Å². The van der Waals surface area contributed by atoms with Crippen LogP contribution in [0, 0.1) is 30.9 Å². The Hall–Kier alpha value is -3.81. The Kier molecular flexibility index (Phi) is 5.54. The number of ether oxygens (including phenoxy) is 1. The third-order valence-electron chi connectivity index (χ3n) is 4.14. The highest BCUT2D eigenvalue weighted by molar-refractivity contribution is 6.06. The number of nitrogen functional groups attached to an aromatic ring is 1. The molecular weight excluding hydrogens is 378 g/mol. The first-order chi connectivity index (χ1) is 13.7. The predicted molar refractivity (Wildman–Crippen MR) is 106 cm³/mol. The van der Waals surface area contributed by atoms with E-state index in [0.29, 0.717) is 16.8 Å². The molecule has 6 nitrogen and oxygen atoms in total. The fourth-order valence-corrected chi connectivity index (χ4v) is 2.59. The minimum atomic E-state index is -0.671. The third-order valence-corrected chi connectivity index (χ3v) is 4.14. The van der Waals surface area contributed by atoms with Gasteiger partial charge in [0.25, 0.3) is 5.91 Å². The molecule has 0 fully saturated rings. The number of pyridine rings is 1. The quantitative estimate of drug-likeness (QED) is 0.442. The van der Waals surface area contributed by atoms with Crippen LogP contribution in [-0.2, 0) is 0 Å². The maximum atomic E-state index is 14.1. The van der Waals surface area contributed by atoms with E-state index in [1.165, 1.54) is 31.2 Å². The Balaban J connectivity index is 1.95. The van der Waals surface area contributed by atoms with Crippen molar-refractivity contribution in [2.75, 3.05) is 5.32 Å². The van der Waals surface area contributed by atoms with E-state index in [-0.39, 0.29) is 28.7 Å². The van der Waals surface area contributed by atoms with Crippen LogP contribution in [0.25, 0.3) is 0 Å². The number of amidine groups is 1. The number of amides is 1. The molecule has 0 aliphatic carbocycles. The normalized spacial score (nSPS) is 10.5. The first-order valence-corrected chi connectivity index (χ1v) is 8.61. The van der Waals surface area contributed by atoms with Gasteiger partial charge in [-0.2, -0.15) is 0 Å². The summed E-state index contributed by atoms with van der Waals surface area (Å²) in [6, 6.07) is 11.3. The Morgan fingerprint density at radius 3 is 2.59 bits per heavy atom. The van der Waals surface area contributed by atoms with Gasteiger partial charge in [-0.15, -0.1) is 0 Å². The zero-order chi connectivity index (χ0) is 21.1. The van der Waals surface area contributed by atoms with Crippen molar-refractivity contribution in [2.24, 2.45) is 5.73 Å². The van der Waals surface area contributed by atoms with Gasteiger partial charge in [-0.3, -0.25) is 10.2 Å². The molecule has 3 rings (SSSR count). The topological polar surface area (TPSA) is 101 Å². The van der Waals surface area contributed by atoms with Crippen LogP contribution in [0.1, 0.15) is 27.2 Å². The second-order valence-corrected chi connectivity index (χ2v) is 6.37. The van der Waals surface area contributed by atoms with Gasteiger partial charge in [0.2, 0.25) is 5.88 Å². The smallest absolute Gasteiger partial charge is 0.261 e. The highest BCUT2D eigenvalue weighted by Gasteiger charge is 2.19. The molecule has 0 saturated carbocycles. The van der Waals surface area contributed by atoms with E-state index in [0.717, 1.165) is 6.07 Å².